The Morgan fingerprint density at radius 1 is 1.18 bits per heavy atom. The van der Waals surface area contributed by atoms with E-state index in [1.807, 2.05) is 0 Å². The van der Waals surface area contributed by atoms with Crippen molar-refractivity contribution in [2.75, 3.05) is 19.0 Å². The number of thioether (sulfide) groups is 1. The summed E-state index contributed by atoms with van der Waals surface area (Å²) in [6.45, 7) is -0.707. The van der Waals surface area contributed by atoms with Gasteiger partial charge in [-0.05, 0) is 48.2 Å². The fourth-order valence-electron chi connectivity index (χ4n) is 3.46. The quantitative estimate of drug-likeness (QED) is 0.231. The lowest BCUT2D eigenvalue weighted by Gasteiger charge is -2.13. The van der Waals surface area contributed by atoms with Crippen molar-refractivity contribution in [3.63, 3.8) is 0 Å². The van der Waals surface area contributed by atoms with Gasteiger partial charge in [0, 0.05) is 17.8 Å². The first-order chi connectivity index (χ1) is 18.0. The molecule has 2 aromatic carbocycles. The summed E-state index contributed by atoms with van der Waals surface area (Å²) in [5, 5.41) is 12.5. The summed E-state index contributed by atoms with van der Waals surface area (Å²) in [7, 11) is 1.34. The Kier molecular flexibility index (Phi) is 7.26. The van der Waals surface area contributed by atoms with E-state index in [-0.39, 0.29) is 33.5 Å². The lowest BCUT2D eigenvalue weighted by atomic mass is 10.1. The summed E-state index contributed by atoms with van der Waals surface area (Å²) >= 11 is 0.559. The molecule has 38 heavy (non-hydrogen) atoms. The summed E-state index contributed by atoms with van der Waals surface area (Å²) in [4.78, 5) is 48.5. The molecule has 1 saturated heterocycles. The topological polar surface area (TPSA) is 132 Å². The third kappa shape index (κ3) is 5.70. The minimum atomic E-state index is -4.60. The second-order valence-electron chi connectivity index (χ2n) is 7.74. The Morgan fingerprint density at radius 3 is 2.63 bits per heavy atom. The maximum atomic E-state index is 12.9. The highest BCUT2D eigenvalue weighted by molar-refractivity contribution is 8.18. The first kappa shape index (κ1) is 26.5. The van der Waals surface area contributed by atoms with Crippen LogP contribution in [0.3, 0.4) is 0 Å². The smallest absolute Gasteiger partial charge is 0.416 e. The van der Waals surface area contributed by atoms with Crippen molar-refractivity contribution in [3.8, 4) is 17.1 Å². The average Bonchev–Trinajstić information content (AvgIpc) is 3.43. The lowest BCUT2D eigenvalue weighted by molar-refractivity contribution is -0.384. The van der Waals surface area contributed by atoms with Crippen LogP contribution in [0.4, 0.5) is 29.3 Å². The summed E-state index contributed by atoms with van der Waals surface area (Å²) in [6, 6.07) is 10.9. The fraction of sp³-hybridized carbons (Fsp3) is 0.125. The molecular formula is C24H16F3N3O7S. The number of halogens is 3. The zero-order valence-corrected chi connectivity index (χ0v) is 20.1. The Balaban J connectivity index is 1.47. The van der Waals surface area contributed by atoms with Crippen LogP contribution < -0.4 is 10.1 Å². The van der Waals surface area contributed by atoms with Gasteiger partial charge in [0.25, 0.3) is 16.8 Å². The number of imide groups is 1. The molecule has 4 rings (SSSR count). The number of alkyl halides is 3. The van der Waals surface area contributed by atoms with Gasteiger partial charge in [-0.25, -0.2) is 0 Å². The van der Waals surface area contributed by atoms with Crippen molar-refractivity contribution in [2.24, 2.45) is 0 Å². The number of hydrogen-bond acceptors (Lipinski definition) is 8. The second-order valence-corrected chi connectivity index (χ2v) is 8.73. The van der Waals surface area contributed by atoms with E-state index in [1.54, 1.807) is 6.07 Å². The zero-order chi connectivity index (χ0) is 27.6. The van der Waals surface area contributed by atoms with E-state index in [2.05, 4.69) is 5.32 Å². The molecule has 0 bridgehead atoms. The zero-order valence-electron chi connectivity index (χ0n) is 19.3. The van der Waals surface area contributed by atoms with E-state index in [0.717, 1.165) is 18.2 Å². The molecular weight excluding hydrogens is 531 g/mol. The molecule has 196 valence electrons. The van der Waals surface area contributed by atoms with Gasteiger partial charge in [-0.15, -0.1) is 0 Å². The van der Waals surface area contributed by atoms with Crippen LogP contribution >= 0.6 is 11.8 Å². The molecule has 0 spiro atoms. The normalized spacial score (nSPS) is 14.7. The van der Waals surface area contributed by atoms with E-state index in [1.165, 1.54) is 43.5 Å². The molecule has 1 aliphatic rings. The summed E-state index contributed by atoms with van der Waals surface area (Å²) in [5.41, 5.74) is -0.869. The second kappa shape index (κ2) is 10.4. The third-order valence-electron chi connectivity index (χ3n) is 5.21. The van der Waals surface area contributed by atoms with Crippen molar-refractivity contribution in [3.05, 3.63) is 80.9 Å². The van der Waals surface area contributed by atoms with Crippen LogP contribution in [-0.2, 0) is 15.8 Å². The summed E-state index contributed by atoms with van der Waals surface area (Å²) in [6.07, 6.45) is -3.32. The van der Waals surface area contributed by atoms with E-state index < -0.39 is 40.3 Å². The van der Waals surface area contributed by atoms with Gasteiger partial charge in [-0.1, -0.05) is 6.07 Å². The van der Waals surface area contributed by atoms with Crippen molar-refractivity contribution >= 4 is 46.3 Å². The lowest BCUT2D eigenvalue weighted by Crippen LogP contribution is -2.36. The van der Waals surface area contributed by atoms with Gasteiger partial charge < -0.3 is 14.5 Å². The number of nitro groups is 1. The number of ether oxygens (including phenoxy) is 1. The highest BCUT2D eigenvalue weighted by Crippen LogP contribution is 2.37. The van der Waals surface area contributed by atoms with Gasteiger partial charge in [0.1, 0.15) is 23.8 Å². The van der Waals surface area contributed by atoms with E-state index >= 15 is 0 Å². The van der Waals surface area contributed by atoms with Gasteiger partial charge >= 0.3 is 6.18 Å². The molecule has 10 nitrogen and oxygen atoms in total. The standard InChI is InChI=1S/C24H16F3N3O7S/c1-36-19-10-15(30(34)35)5-7-17(19)18-8-6-16(37-18)11-20-22(32)29(23(33)38-20)12-21(31)28-14-4-2-3-13(9-14)24(25,26)27/h2-11H,12H2,1H3,(H,28,31)/b20-11-. The molecule has 0 atom stereocenters. The monoisotopic (exact) mass is 547 g/mol. The molecule has 0 radical (unpaired) electrons. The van der Waals surface area contributed by atoms with Crippen LogP contribution in [0, 0.1) is 10.1 Å². The number of nitro benzene ring substituents is 1. The van der Waals surface area contributed by atoms with Crippen molar-refractivity contribution in [1.82, 2.24) is 4.90 Å². The van der Waals surface area contributed by atoms with Crippen LogP contribution in [-0.4, -0.2) is 40.5 Å². The van der Waals surface area contributed by atoms with Crippen LogP contribution in [0.5, 0.6) is 5.75 Å². The number of carbonyl (C=O) groups is 3. The number of furan rings is 1. The van der Waals surface area contributed by atoms with Gasteiger partial charge in [-0.2, -0.15) is 13.2 Å². The van der Waals surface area contributed by atoms with Gasteiger partial charge in [0.05, 0.1) is 34.1 Å². The largest absolute Gasteiger partial charge is 0.496 e. The highest BCUT2D eigenvalue weighted by atomic mass is 32.2. The minimum Gasteiger partial charge on any atom is -0.496 e. The van der Waals surface area contributed by atoms with Crippen LogP contribution in [0.15, 0.2) is 63.9 Å². The van der Waals surface area contributed by atoms with Crippen LogP contribution in [0.2, 0.25) is 0 Å². The Bertz CT molecular complexity index is 1480. The number of nitrogens with one attached hydrogen (secondary N) is 1. The SMILES string of the molecule is COc1cc([N+](=O)[O-])ccc1-c1ccc(/C=C2\SC(=O)N(CC(=O)Nc3cccc(C(F)(F)F)c3)C2=O)o1. The Hall–Kier alpha value is -4.59. The van der Waals surface area contributed by atoms with Crippen molar-refractivity contribution < 1.29 is 41.6 Å². The highest BCUT2D eigenvalue weighted by Gasteiger charge is 2.37. The minimum absolute atomic E-state index is 0.0431. The maximum Gasteiger partial charge on any atom is 0.416 e. The number of anilines is 1. The van der Waals surface area contributed by atoms with Crippen molar-refractivity contribution in [2.45, 2.75) is 6.18 Å². The number of carbonyl (C=O) groups excluding carboxylic acids is 3. The van der Waals surface area contributed by atoms with Gasteiger partial charge in [0.2, 0.25) is 5.91 Å². The molecule has 3 amide bonds. The Morgan fingerprint density at radius 2 is 1.95 bits per heavy atom. The first-order valence-corrected chi connectivity index (χ1v) is 11.4. The van der Waals surface area contributed by atoms with Crippen LogP contribution in [0.25, 0.3) is 17.4 Å². The molecule has 1 N–H and O–H groups in total. The Labute approximate surface area is 216 Å². The average molecular weight is 547 g/mol. The molecule has 0 unspecified atom stereocenters. The predicted octanol–water partition coefficient (Wildman–Crippen LogP) is 5.56. The molecule has 2 heterocycles. The van der Waals surface area contributed by atoms with E-state index in [9.17, 15) is 37.7 Å². The van der Waals surface area contributed by atoms with E-state index in [4.69, 9.17) is 9.15 Å². The van der Waals surface area contributed by atoms with Gasteiger partial charge in [0.15, 0.2) is 0 Å². The fourth-order valence-corrected chi connectivity index (χ4v) is 4.27. The number of hydrogen-bond donors (Lipinski definition) is 1. The molecule has 3 aromatic rings. The predicted molar refractivity (Wildman–Crippen MR) is 130 cm³/mol. The van der Waals surface area contributed by atoms with Crippen LogP contribution in [0.1, 0.15) is 11.3 Å². The summed E-state index contributed by atoms with van der Waals surface area (Å²) < 4.78 is 49.5. The number of methoxy groups -OCH3 is 1. The molecule has 1 fully saturated rings. The number of amides is 3. The van der Waals surface area contributed by atoms with E-state index in [0.29, 0.717) is 22.2 Å². The third-order valence-corrected chi connectivity index (χ3v) is 6.12. The number of benzene rings is 2. The maximum absolute atomic E-state index is 12.9. The number of rotatable bonds is 7. The first-order valence-electron chi connectivity index (χ1n) is 10.6. The number of non-ortho nitro benzene ring substituents is 1. The number of nitrogens with zero attached hydrogens (tertiary/aromatic N) is 2. The van der Waals surface area contributed by atoms with Crippen molar-refractivity contribution in [1.29, 1.82) is 0 Å². The molecule has 1 aliphatic heterocycles. The molecule has 0 saturated carbocycles. The molecule has 1 aromatic heterocycles. The molecule has 14 heteroatoms. The molecule has 0 aliphatic carbocycles. The van der Waals surface area contributed by atoms with Gasteiger partial charge in [-0.3, -0.25) is 29.4 Å². The summed E-state index contributed by atoms with van der Waals surface area (Å²) in [5.74, 6) is -1.00.